The van der Waals surface area contributed by atoms with Gasteiger partial charge < -0.3 is 29.0 Å². The first-order chi connectivity index (χ1) is 18.9. The highest BCUT2D eigenvalue weighted by molar-refractivity contribution is 5.85. The molecule has 3 heterocycles. The van der Waals surface area contributed by atoms with Crippen LogP contribution in [0.1, 0.15) is 43.9 Å². The van der Waals surface area contributed by atoms with Crippen LogP contribution in [0.25, 0.3) is 0 Å². The summed E-state index contributed by atoms with van der Waals surface area (Å²) in [6.07, 6.45) is -1.71. The molecule has 0 saturated carbocycles. The normalized spacial score (nSPS) is 29.5. The maximum Gasteiger partial charge on any atom is 0.229 e. The molecule has 7 heteroatoms. The third kappa shape index (κ3) is 4.79. The van der Waals surface area contributed by atoms with E-state index in [0.717, 1.165) is 16.7 Å². The first-order valence-electron chi connectivity index (χ1n) is 13.7. The maximum atomic E-state index is 12.1. The van der Waals surface area contributed by atoms with Gasteiger partial charge in [-0.15, -0.1) is 0 Å². The minimum absolute atomic E-state index is 0.00550. The molecule has 0 aromatic heterocycles. The van der Waals surface area contributed by atoms with Crippen LogP contribution in [0.4, 0.5) is 0 Å². The van der Waals surface area contributed by atoms with Crippen LogP contribution < -0.4 is 5.32 Å². The summed E-state index contributed by atoms with van der Waals surface area (Å²) in [7, 11) is 0. The zero-order valence-electron chi connectivity index (χ0n) is 22.5. The zero-order valence-corrected chi connectivity index (χ0v) is 22.5. The molecule has 3 aliphatic rings. The third-order valence-electron chi connectivity index (χ3n) is 7.82. The van der Waals surface area contributed by atoms with Crippen LogP contribution in [0.2, 0.25) is 0 Å². The molecule has 204 valence electrons. The smallest absolute Gasteiger partial charge is 0.229 e. The predicted octanol–water partition coefficient (Wildman–Crippen LogP) is 4.74. The summed E-state index contributed by atoms with van der Waals surface area (Å²) in [4.78, 5) is 12.1. The Morgan fingerprint density at radius 3 is 1.87 bits per heavy atom. The predicted molar refractivity (Wildman–Crippen MR) is 144 cm³/mol. The van der Waals surface area contributed by atoms with Crippen molar-refractivity contribution in [3.05, 3.63) is 108 Å². The van der Waals surface area contributed by atoms with Crippen molar-refractivity contribution in [2.24, 2.45) is 5.92 Å². The van der Waals surface area contributed by atoms with Crippen LogP contribution in [0, 0.1) is 5.92 Å². The molecule has 3 aromatic carbocycles. The summed E-state index contributed by atoms with van der Waals surface area (Å²) in [5, 5.41) is 2.89. The van der Waals surface area contributed by atoms with Crippen LogP contribution in [0.3, 0.4) is 0 Å². The van der Waals surface area contributed by atoms with Gasteiger partial charge in [0.15, 0.2) is 12.1 Å². The van der Waals surface area contributed by atoms with Crippen LogP contribution in [0.15, 0.2) is 91.0 Å². The standard InChI is InChI=1S/C32H35NO6/c1-4-24-28(34)33-29(24)37-26-25(36-30-27(26)38-31(2,3)39-30)20-35-32(21-14-8-5-9-15-21,22-16-10-6-11-17-22)23-18-12-7-13-19-23/h5-19,24-27,29-30H,4,20H2,1-3H3,(H,33,34)/t24-,25-,26+,27-,29-,30-/m1/s1. The van der Waals surface area contributed by atoms with Gasteiger partial charge in [-0.05, 0) is 37.0 Å². The molecule has 3 saturated heterocycles. The van der Waals surface area contributed by atoms with Crippen LogP contribution in [-0.2, 0) is 34.1 Å². The van der Waals surface area contributed by atoms with E-state index in [2.05, 4.69) is 41.7 Å². The number of carbonyl (C=O) groups excluding carboxylic acids is 1. The second-order valence-corrected chi connectivity index (χ2v) is 10.8. The minimum Gasteiger partial charge on any atom is -0.358 e. The Balaban J connectivity index is 1.35. The number of benzene rings is 3. The molecule has 0 aliphatic carbocycles. The van der Waals surface area contributed by atoms with Crippen molar-refractivity contribution in [1.82, 2.24) is 5.32 Å². The van der Waals surface area contributed by atoms with Crippen molar-refractivity contribution < 1.29 is 28.5 Å². The van der Waals surface area contributed by atoms with E-state index in [4.69, 9.17) is 23.7 Å². The monoisotopic (exact) mass is 529 g/mol. The van der Waals surface area contributed by atoms with Gasteiger partial charge >= 0.3 is 0 Å². The first kappa shape index (κ1) is 26.2. The van der Waals surface area contributed by atoms with E-state index >= 15 is 0 Å². The number of amides is 1. The van der Waals surface area contributed by atoms with Gasteiger partial charge in [-0.3, -0.25) is 4.79 Å². The molecule has 3 aromatic rings. The molecule has 3 fully saturated rings. The number of β-lactam (4-membered cyclic amide) rings is 1. The van der Waals surface area contributed by atoms with E-state index in [-0.39, 0.29) is 18.4 Å². The second-order valence-electron chi connectivity index (χ2n) is 10.8. The highest BCUT2D eigenvalue weighted by Crippen LogP contribution is 2.44. The number of hydrogen-bond donors (Lipinski definition) is 1. The van der Waals surface area contributed by atoms with Gasteiger partial charge in [0, 0.05) is 0 Å². The molecular weight excluding hydrogens is 494 g/mol. The van der Waals surface area contributed by atoms with Crippen molar-refractivity contribution >= 4 is 5.91 Å². The zero-order chi connectivity index (χ0) is 27.0. The molecular formula is C32H35NO6. The van der Waals surface area contributed by atoms with E-state index in [1.807, 2.05) is 75.4 Å². The fraction of sp³-hybridized carbons (Fsp3) is 0.406. The van der Waals surface area contributed by atoms with Crippen molar-refractivity contribution in [2.45, 2.75) is 69.4 Å². The van der Waals surface area contributed by atoms with Gasteiger partial charge in [0.1, 0.15) is 30.1 Å². The van der Waals surface area contributed by atoms with E-state index in [0.29, 0.717) is 6.42 Å². The second kappa shape index (κ2) is 10.5. The average molecular weight is 530 g/mol. The Morgan fingerprint density at radius 2 is 1.38 bits per heavy atom. The topological polar surface area (TPSA) is 75.3 Å². The van der Waals surface area contributed by atoms with Crippen LogP contribution >= 0.6 is 0 Å². The minimum atomic E-state index is -0.896. The Hall–Kier alpha value is -3.07. The Labute approximate surface area is 229 Å². The van der Waals surface area contributed by atoms with Crippen molar-refractivity contribution in [3.8, 4) is 0 Å². The first-order valence-corrected chi connectivity index (χ1v) is 13.7. The quantitative estimate of drug-likeness (QED) is 0.319. The van der Waals surface area contributed by atoms with Gasteiger partial charge in [-0.2, -0.15) is 0 Å². The summed E-state index contributed by atoms with van der Waals surface area (Å²) in [6.45, 7) is 5.92. The van der Waals surface area contributed by atoms with E-state index in [1.54, 1.807) is 0 Å². The highest BCUT2D eigenvalue weighted by atomic mass is 16.8. The lowest BCUT2D eigenvalue weighted by atomic mass is 9.80. The lowest BCUT2D eigenvalue weighted by molar-refractivity contribution is -0.236. The molecule has 6 atom stereocenters. The highest BCUT2D eigenvalue weighted by Gasteiger charge is 2.58. The molecule has 1 N–H and O–H groups in total. The Bertz CT molecular complexity index is 1170. The lowest BCUT2D eigenvalue weighted by Crippen LogP contribution is -2.61. The number of carbonyl (C=O) groups is 1. The number of fused-ring (bicyclic) bond motifs is 1. The van der Waals surface area contributed by atoms with Crippen molar-refractivity contribution in [3.63, 3.8) is 0 Å². The Morgan fingerprint density at radius 1 is 0.846 bits per heavy atom. The molecule has 6 rings (SSSR count). The summed E-state index contributed by atoms with van der Waals surface area (Å²) < 4.78 is 32.2. The summed E-state index contributed by atoms with van der Waals surface area (Å²) in [5.41, 5.74) is 2.12. The SMILES string of the molecule is CC[C@@H]1C(=O)N[C@@H]1O[C@@H]1[C@H]2OC(C)(C)O[C@H]2O[C@@H]1COC(c1ccccc1)(c1ccccc1)c1ccccc1. The molecule has 1 amide bonds. The van der Waals surface area contributed by atoms with Gasteiger partial charge in [0.05, 0.1) is 12.5 Å². The molecule has 7 nitrogen and oxygen atoms in total. The van der Waals surface area contributed by atoms with Crippen molar-refractivity contribution in [1.29, 1.82) is 0 Å². The molecule has 3 aliphatic heterocycles. The fourth-order valence-electron chi connectivity index (χ4n) is 5.91. The number of rotatable bonds is 9. The largest absolute Gasteiger partial charge is 0.358 e. The molecule has 39 heavy (non-hydrogen) atoms. The maximum absolute atomic E-state index is 12.1. The summed E-state index contributed by atoms with van der Waals surface area (Å²) in [5.74, 6) is -0.985. The average Bonchev–Trinajstić information content (AvgIpc) is 3.42. The van der Waals surface area contributed by atoms with E-state index < -0.39 is 42.2 Å². The van der Waals surface area contributed by atoms with Gasteiger partial charge in [-0.25, -0.2) is 0 Å². The summed E-state index contributed by atoms with van der Waals surface area (Å²) in [6, 6.07) is 30.7. The number of nitrogens with one attached hydrogen (secondary N) is 1. The number of ether oxygens (including phenoxy) is 5. The lowest BCUT2D eigenvalue weighted by Gasteiger charge is -2.40. The molecule has 0 unspecified atom stereocenters. The third-order valence-corrected chi connectivity index (χ3v) is 7.82. The van der Waals surface area contributed by atoms with E-state index in [9.17, 15) is 4.79 Å². The van der Waals surface area contributed by atoms with Crippen molar-refractivity contribution in [2.75, 3.05) is 6.61 Å². The van der Waals surface area contributed by atoms with Crippen LogP contribution in [-0.4, -0.2) is 49.1 Å². The van der Waals surface area contributed by atoms with Gasteiger partial charge in [0.2, 0.25) is 5.91 Å². The van der Waals surface area contributed by atoms with Gasteiger partial charge in [0.25, 0.3) is 0 Å². The van der Waals surface area contributed by atoms with E-state index in [1.165, 1.54) is 0 Å². The fourth-order valence-corrected chi connectivity index (χ4v) is 5.91. The molecule has 0 radical (unpaired) electrons. The van der Waals surface area contributed by atoms with Gasteiger partial charge in [-0.1, -0.05) is 97.9 Å². The molecule has 0 spiro atoms. The van der Waals surface area contributed by atoms with Crippen LogP contribution in [0.5, 0.6) is 0 Å². The Kier molecular flexibility index (Phi) is 7.04. The molecule has 0 bridgehead atoms. The number of hydrogen-bond acceptors (Lipinski definition) is 6. The summed E-state index contributed by atoms with van der Waals surface area (Å²) >= 11 is 0.